The molecule has 1 aromatic carbocycles. The number of carbonyl (C=O) groups is 1. The van der Waals surface area contributed by atoms with Gasteiger partial charge in [0.1, 0.15) is 11.4 Å². The predicted molar refractivity (Wildman–Crippen MR) is 104 cm³/mol. The van der Waals surface area contributed by atoms with E-state index in [1.54, 1.807) is 24.3 Å². The number of hydrogen-bond acceptors (Lipinski definition) is 6. The monoisotopic (exact) mass is 443 g/mol. The van der Waals surface area contributed by atoms with Crippen LogP contribution in [0.1, 0.15) is 29.3 Å². The third kappa shape index (κ3) is 3.88. The van der Waals surface area contributed by atoms with Gasteiger partial charge in [0, 0.05) is 31.5 Å². The van der Waals surface area contributed by atoms with Crippen LogP contribution in [0.15, 0.2) is 57.7 Å². The van der Waals surface area contributed by atoms with Gasteiger partial charge in [-0.2, -0.15) is 23.3 Å². The van der Waals surface area contributed by atoms with Crippen molar-refractivity contribution in [2.45, 2.75) is 25.1 Å². The van der Waals surface area contributed by atoms with Gasteiger partial charge in [0.2, 0.25) is 5.91 Å². The number of hydrogen-bond donors (Lipinski definition) is 1. The van der Waals surface area contributed by atoms with Gasteiger partial charge in [-0.05, 0) is 29.8 Å². The van der Waals surface area contributed by atoms with Gasteiger partial charge in [0.05, 0.1) is 11.8 Å². The summed E-state index contributed by atoms with van der Waals surface area (Å²) in [5, 5.41) is 10.9. The number of nitrogens with zero attached hydrogens (tertiary/aromatic N) is 4. The SMILES string of the molecule is O=C1CC(c2noc(-c3cc(-c4ccco4)n[nH]3)n2)CN1Cc1cccc(C(F)(F)F)c1. The number of amides is 1. The van der Waals surface area contributed by atoms with Gasteiger partial charge in [-0.25, -0.2) is 0 Å². The molecule has 8 nitrogen and oxygen atoms in total. The molecule has 164 valence electrons. The van der Waals surface area contributed by atoms with E-state index in [9.17, 15) is 18.0 Å². The van der Waals surface area contributed by atoms with E-state index in [0.717, 1.165) is 12.1 Å². The number of nitrogens with one attached hydrogen (secondary N) is 1. The maximum Gasteiger partial charge on any atom is 0.416 e. The zero-order valence-electron chi connectivity index (χ0n) is 16.5. The quantitative estimate of drug-likeness (QED) is 0.495. The molecule has 11 heteroatoms. The summed E-state index contributed by atoms with van der Waals surface area (Å²) < 4.78 is 49.5. The molecule has 0 bridgehead atoms. The molecule has 4 heterocycles. The van der Waals surface area contributed by atoms with Crippen LogP contribution in [0.25, 0.3) is 23.0 Å². The summed E-state index contributed by atoms with van der Waals surface area (Å²) in [4.78, 5) is 18.3. The zero-order valence-corrected chi connectivity index (χ0v) is 16.5. The smallest absolute Gasteiger partial charge is 0.416 e. The minimum absolute atomic E-state index is 0.0804. The van der Waals surface area contributed by atoms with E-state index < -0.39 is 11.7 Å². The number of carbonyl (C=O) groups excluding carboxylic acids is 1. The summed E-state index contributed by atoms with van der Waals surface area (Å²) in [6.07, 6.45) is -2.74. The molecule has 5 rings (SSSR count). The number of rotatable bonds is 5. The highest BCUT2D eigenvalue weighted by Crippen LogP contribution is 2.32. The van der Waals surface area contributed by atoms with E-state index in [4.69, 9.17) is 8.94 Å². The summed E-state index contributed by atoms with van der Waals surface area (Å²) in [6, 6.07) is 10.2. The first-order valence-electron chi connectivity index (χ1n) is 9.74. The van der Waals surface area contributed by atoms with Crippen molar-refractivity contribution >= 4 is 5.91 Å². The van der Waals surface area contributed by atoms with Crippen LogP contribution in [0, 0.1) is 0 Å². The van der Waals surface area contributed by atoms with Crippen molar-refractivity contribution in [1.82, 2.24) is 25.2 Å². The fourth-order valence-electron chi connectivity index (χ4n) is 3.66. The van der Waals surface area contributed by atoms with Crippen molar-refractivity contribution in [2.75, 3.05) is 6.54 Å². The van der Waals surface area contributed by atoms with Crippen LogP contribution in [-0.4, -0.2) is 37.7 Å². The summed E-state index contributed by atoms with van der Waals surface area (Å²) in [5.74, 6) is 0.653. The molecule has 1 saturated heterocycles. The second-order valence-corrected chi connectivity index (χ2v) is 7.48. The molecule has 32 heavy (non-hydrogen) atoms. The van der Waals surface area contributed by atoms with Gasteiger partial charge in [-0.1, -0.05) is 17.3 Å². The Morgan fingerprint density at radius 3 is 2.84 bits per heavy atom. The Balaban J connectivity index is 1.28. The highest BCUT2D eigenvalue weighted by atomic mass is 19.4. The van der Waals surface area contributed by atoms with Crippen molar-refractivity contribution in [3.05, 3.63) is 65.7 Å². The van der Waals surface area contributed by atoms with Crippen LogP contribution >= 0.6 is 0 Å². The van der Waals surface area contributed by atoms with E-state index in [1.165, 1.54) is 17.2 Å². The van der Waals surface area contributed by atoms with Crippen LogP contribution in [0.3, 0.4) is 0 Å². The summed E-state index contributed by atoms with van der Waals surface area (Å²) >= 11 is 0. The molecule has 0 aliphatic carbocycles. The molecule has 0 saturated carbocycles. The third-order valence-corrected chi connectivity index (χ3v) is 5.23. The lowest BCUT2D eigenvalue weighted by Gasteiger charge is -2.17. The van der Waals surface area contributed by atoms with Crippen molar-refractivity contribution in [3.63, 3.8) is 0 Å². The molecular formula is C21H16F3N5O3. The Labute approximate surface area is 179 Å². The third-order valence-electron chi connectivity index (χ3n) is 5.23. The Kier molecular flexibility index (Phi) is 4.80. The first kappa shape index (κ1) is 20.0. The van der Waals surface area contributed by atoms with Crippen molar-refractivity contribution in [2.24, 2.45) is 0 Å². The number of halogens is 3. The largest absolute Gasteiger partial charge is 0.463 e. The summed E-state index contributed by atoms with van der Waals surface area (Å²) in [5.41, 5.74) is 0.744. The maximum absolute atomic E-state index is 12.9. The molecule has 0 radical (unpaired) electrons. The minimum Gasteiger partial charge on any atom is -0.463 e. The van der Waals surface area contributed by atoms with Crippen molar-refractivity contribution < 1.29 is 26.9 Å². The van der Waals surface area contributed by atoms with E-state index in [-0.39, 0.29) is 37.2 Å². The van der Waals surface area contributed by atoms with E-state index in [2.05, 4.69) is 20.3 Å². The molecule has 1 aliphatic heterocycles. The highest BCUT2D eigenvalue weighted by Gasteiger charge is 2.35. The van der Waals surface area contributed by atoms with E-state index >= 15 is 0 Å². The molecule has 3 aromatic heterocycles. The van der Waals surface area contributed by atoms with Crippen LogP contribution in [0.2, 0.25) is 0 Å². The Morgan fingerprint density at radius 1 is 1.19 bits per heavy atom. The topological polar surface area (TPSA) is 101 Å². The lowest BCUT2D eigenvalue weighted by molar-refractivity contribution is -0.137. The second kappa shape index (κ2) is 7.66. The van der Waals surface area contributed by atoms with E-state index in [1.807, 2.05) is 0 Å². The molecule has 0 spiro atoms. The summed E-state index contributed by atoms with van der Waals surface area (Å²) in [7, 11) is 0. The van der Waals surface area contributed by atoms with Crippen LogP contribution < -0.4 is 0 Å². The minimum atomic E-state index is -4.43. The van der Waals surface area contributed by atoms with Crippen LogP contribution in [0.4, 0.5) is 13.2 Å². The van der Waals surface area contributed by atoms with Gasteiger partial charge in [0.15, 0.2) is 11.6 Å². The van der Waals surface area contributed by atoms with Gasteiger partial charge < -0.3 is 13.8 Å². The molecule has 1 atom stereocenters. The average molecular weight is 443 g/mol. The molecule has 1 unspecified atom stereocenters. The predicted octanol–water partition coefficient (Wildman–Crippen LogP) is 4.25. The molecule has 1 N–H and O–H groups in total. The number of benzene rings is 1. The standard InChI is InChI=1S/C21H16F3N5O3/c22-21(23,24)14-4-1-3-12(7-14)10-29-11-13(8-18(29)30)19-25-20(32-28-19)16-9-15(26-27-16)17-5-2-6-31-17/h1-7,9,13H,8,10-11H2,(H,26,27). The molecule has 1 amide bonds. The molecule has 1 aliphatic rings. The number of furan rings is 1. The maximum atomic E-state index is 12.9. The van der Waals surface area contributed by atoms with Gasteiger partial charge in [-0.3, -0.25) is 9.89 Å². The fraction of sp³-hybridized carbons (Fsp3) is 0.238. The van der Waals surface area contributed by atoms with Crippen LogP contribution in [-0.2, 0) is 17.5 Å². The lowest BCUT2D eigenvalue weighted by atomic mass is 10.1. The number of H-pyrrole nitrogens is 1. The molecule has 1 fully saturated rings. The van der Waals surface area contributed by atoms with Gasteiger partial charge >= 0.3 is 6.18 Å². The van der Waals surface area contributed by atoms with Crippen LogP contribution in [0.5, 0.6) is 0 Å². The Morgan fingerprint density at radius 2 is 2.06 bits per heavy atom. The van der Waals surface area contributed by atoms with E-state index in [0.29, 0.717) is 28.5 Å². The second-order valence-electron chi connectivity index (χ2n) is 7.48. The summed E-state index contributed by atoms with van der Waals surface area (Å²) in [6.45, 7) is 0.367. The van der Waals surface area contributed by atoms with Gasteiger partial charge in [0.25, 0.3) is 5.89 Å². The number of likely N-dealkylation sites (tertiary alicyclic amines) is 1. The number of aromatic nitrogens is 4. The van der Waals surface area contributed by atoms with Crippen molar-refractivity contribution in [1.29, 1.82) is 0 Å². The van der Waals surface area contributed by atoms with Crippen molar-refractivity contribution in [3.8, 4) is 23.0 Å². The lowest BCUT2D eigenvalue weighted by Crippen LogP contribution is -2.24. The Bertz CT molecular complexity index is 1250. The molecule has 4 aromatic rings. The average Bonchev–Trinajstić information content (AvgIpc) is 3.54. The highest BCUT2D eigenvalue weighted by molar-refractivity contribution is 5.79. The normalized spacial score (nSPS) is 16.8. The van der Waals surface area contributed by atoms with Gasteiger partial charge in [-0.15, -0.1) is 0 Å². The first-order chi connectivity index (χ1) is 15.4. The Hall–Kier alpha value is -3.89. The number of alkyl halides is 3. The fourth-order valence-corrected chi connectivity index (χ4v) is 3.66. The zero-order chi connectivity index (χ0) is 22.3. The first-order valence-corrected chi connectivity index (χ1v) is 9.74. The molecular weight excluding hydrogens is 427 g/mol. The number of aromatic amines is 1.